The van der Waals surface area contributed by atoms with Crippen molar-refractivity contribution in [3.63, 3.8) is 0 Å². The van der Waals surface area contributed by atoms with E-state index in [9.17, 15) is 0 Å². The van der Waals surface area contributed by atoms with Crippen LogP contribution in [0.15, 0.2) is 28.8 Å². The summed E-state index contributed by atoms with van der Waals surface area (Å²) in [6.45, 7) is 5.38. The Balaban J connectivity index is 1.75. The van der Waals surface area contributed by atoms with E-state index in [0.717, 1.165) is 43.3 Å². The second-order valence-electron chi connectivity index (χ2n) is 4.70. The number of nitrogens with one attached hydrogen (secondary N) is 1. The quantitative estimate of drug-likeness (QED) is 0.837. The molecule has 0 aliphatic carbocycles. The Labute approximate surface area is 112 Å². The summed E-state index contributed by atoms with van der Waals surface area (Å²) in [5, 5.41) is 3.26. The second-order valence-corrected chi connectivity index (χ2v) is 4.70. The fraction of sp³-hybridized carbons (Fsp3) is 0.400. The van der Waals surface area contributed by atoms with Crippen LogP contribution < -0.4 is 5.32 Å². The van der Waals surface area contributed by atoms with Gasteiger partial charge in [-0.25, -0.2) is 4.98 Å². The molecule has 0 bridgehead atoms. The predicted molar refractivity (Wildman–Crippen MR) is 72.7 cm³/mol. The molecule has 2 heterocycles. The van der Waals surface area contributed by atoms with Crippen molar-refractivity contribution < 1.29 is 9.15 Å². The molecular weight excluding hydrogens is 240 g/mol. The number of nitrogens with zero attached hydrogens (tertiary/aromatic N) is 1. The lowest BCUT2D eigenvalue weighted by Gasteiger charge is -2.00. The largest absolute Gasteiger partial charge is 0.441 e. The first kappa shape index (κ1) is 12.4. The third-order valence-electron chi connectivity index (χ3n) is 3.33. The zero-order chi connectivity index (χ0) is 13.1. The highest BCUT2D eigenvalue weighted by molar-refractivity contribution is 5.59. The van der Waals surface area contributed by atoms with Gasteiger partial charge in [-0.05, 0) is 23.7 Å². The van der Waals surface area contributed by atoms with Crippen molar-refractivity contribution in [2.45, 2.75) is 26.6 Å². The van der Waals surface area contributed by atoms with Crippen LogP contribution in [0.1, 0.15) is 23.9 Å². The average molecular weight is 258 g/mol. The summed E-state index contributed by atoms with van der Waals surface area (Å²) >= 11 is 0. The molecule has 1 aromatic carbocycles. The van der Waals surface area contributed by atoms with Crippen LogP contribution in [-0.4, -0.2) is 18.1 Å². The van der Waals surface area contributed by atoms with Gasteiger partial charge in [0.25, 0.3) is 0 Å². The zero-order valence-corrected chi connectivity index (χ0v) is 11.1. The molecule has 3 rings (SSSR count). The first-order valence-corrected chi connectivity index (χ1v) is 6.72. The first-order valence-electron chi connectivity index (χ1n) is 6.72. The molecule has 4 heteroatoms. The molecular formula is C15H18N2O2. The Hall–Kier alpha value is -1.65. The topological polar surface area (TPSA) is 47.3 Å². The van der Waals surface area contributed by atoms with Crippen LogP contribution in [0.4, 0.5) is 0 Å². The third kappa shape index (κ3) is 2.69. The number of ether oxygens (including phenoxy) is 1. The summed E-state index contributed by atoms with van der Waals surface area (Å²) in [4.78, 5) is 4.32. The van der Waals surface area contributed by atoms with E-state index in [0.29, 0.717) is 6.61 Å². The SMILES string of the molecule is CCNCCc1ncc(-c2ccc3c(c2)COC3)o1. The zero-order valence-electron chi connectivity index (χ0n) is 11.1. The van der Waals surface area contributed by atoms with Crippen LogP contribution in [0, 0.1) is 0 Å². The fourth-order valence-electron chi connectivity index (χ4n) is 2.26. The maximum absolute atomic E-state index is 5.78. The van der Waals surface area contributed by atoms with E-state index in [1.807, 2.05) is 0 Å². The van der Waals surface area contributed by atoms with Gasteiger partial charge in [-0.15, -0.1) is 0 Å². The summed E-state index contributed by atoms with van der Waals surface area (Å²) in [7, 11) is 0. The Morgan fingerprint density at radius 3 is 3.05 bits per heavy atom. The second kappa shape index (κ2) is 5.55. The van der Waals surface area contributed by atoms with Crippen LogP contribution >= 0.6 is 0 Å². The summed E-state index contributed by atoms with van der Waals surface area (Å²) in [6, 6.07) is 6.32. The molecule has 100 valence electrons. The molecule has 1 aromatic heterocycles. The van der Waals surface area contributed by atoms with Gasteiger partial charge in [0, 0.05) is 18.5 Å². The summed E-state index contributed by atoms with van der Waals surface area (Å²) < 4.78 is 11.2. The van der Waals surface area contributed by atoms with Crippen LogP contribution in [0.5, 0.6) is 0 Å². The van der Waals surface area contributed by atoms with Crippen LogP contribution in [-0.2, 0) is 24.4 Å². The molecule has 0 atom stereocenters. The predicted octanol–water partition coefficient (Wildman–Crippen LogP) is 2.52. The highest BCUT2D eigenvalue weighted by Crippen LogP contribution is 2.27. The van der Waals surface area contributed by atoms with E-state index in [1.165, 1.54) is 11.1 Å². The van der Waals surface area contributed by atoms with Gasteiger partial charge in [0.1, 0.15) is 0 Å². The van der Waals surface area contributed by atoms with Gasteiger partial charge in [-0.3, -0.25) is 0 Å². The van der Waals surface area contributed by atoms with E-state index < -0.39 is 0 Å². The van der Waals surface area contributed by atoms with Crippen LogP contribution in [0.25, 0.3) is 11.3 Å². The van der Waals surface area contributed by atoms with Crippen molar-refractivity contribution in [1.82, 2.24) is 10.3 Å². The smallest absolute Gasteiger partial charge is 0.196 e. The van der Waals surface area contributed by atoms with E-state index in [4.69, 9.17) is 9.15 Å². The normalized spacial score (nSPS) is 13.7. The lowest BCUT2D eigenvalue weighted by molar-refractivity contribution is 0.134. The van der Waals surface area contributed by atoms with Crippen molar-refractivity contribution in [3.05, 3.63) is 41.4 Å². The standard InChI is InChI=1S/C15H18N2O2/c1-2-16-6-5-15-17-8-14(19-15)11-3-4-12-9-18-10-13(12)7-11/h3-4,7-8,16H,2,5-6,9-10H2,1H3. The molecule has 0 saturated carbocycles. The molecule has 1 aliphatic heterocycles. The molecule has 0 unspecified atom stereocenters. The Morgan fingerprint density at radius 2 is 2.16 bits per heavy atom. The Kier molecular flexibility index (Phi) is 3.62. The van der Waals surface area contributed by atoms with Gasteiger partial charge in [0.2, 0.25) is 0 Å². The van der Waals surface area contributed by atoms with E-state index in [1.54, 1.807) is 6.20 Å². The van der Waals surface area contributed by atoms with Gasteiger partial charge in [-0.1, -0.05) is 19.1 Å². The summed E-state index contributed by atoms with van der Waals surface area (Å²) in [6.07, 6.45) is 2.63. The molecule has 0 radical (unpaired) electrons. The number of fused-ring (bicyclic) bond motifs is 1. The number of rotatable bonds is 5. The Morgan fingerprint density at radius 1 is 1.26 bits per heavy atom. The third-order valence-corrected chi connectivity index (χ3v) is 3.33. The Bertz CT molecular complexity index is 563. The minimum absolute atomic E-state index is 0.699. The number of hydrogen-bond acceptors (Lipinski definition) is 4. The van der Waals surface area contributed by atoms with Crippen molar-refractivity contribution >= 4 is 0 Å². The number of benzene rings is 1. The number of oxazole rings is 1. The van der Waals surface area contributed by atoms with E-state index in [-0.39, 0.29) is 0 Å². The molecule has 19 heavy (non-hydrogen) atoms. The summed E-state index contributed by atoms with van der Waals surface area (Å²) in [5.74, 6) is 1.62. The highest BCUT2D eigenvalue weighted by Gasteiger charge is 2.13. The van der Waals surface area contributed by atoms with Crippen molar-refractivity contribution in [2.24, 2.45) is 0 Å². The van der Waals surface area contributed by atoms with Crippen LogP contribution in [0.2, 0.25) is 0 Å². The van der Waals surface area contributed by atoms with Gasteiger partial charge < -0.3 is 14.5 Å². The monoisotopic (exact) mass is 258 g/mol. The molecule has 0 fully saturated rings. The molecule has 1 aliphatic rings. The molecule has 2 aromatic rings. The maximum Gasteiger partial charge on any atom is 0.196 e. The number of likely N-dealkylation sites (N-methyl/N-ethyl adjacent to an activating group) is 1. The first-order chi connectivity index (χ1) is 9.36. The van der Waals surface area contributed by atoms with Crippen LogP contribution in [0.3, 0.4) is 0 Å². The van der Waals surface area contributed by atoms with Gasteiger partial charge in [-0.2, -0.15) is 0 Å². The molecule has 0 amide bonds. The minimum Gasteiger partial charge on any atom is -0.441 e. The van der Waals surface area contributed by atoms with Gasteiger partial charge in [0.05, 0.1) is 19.4 Å². The number of aromatic nitrogens is 1. The lowest BCUT2D eigenvalue weighted by atomic mass is 10.1. The van der Waals surface area contributed by atoms with Crippen molar-refractivity contribution in [1.29, 1.82) is 0 Å². The van der Waals surface area contributed by atoms with E-state index >= 15 is 0 Å². The molecule has 1 N–H and O–H groups in total. The maximum atomic E-state index is 5.78. The molecule has 0 spiro atoms. The van der Waals surface area contributed by atoms with Gasteiger partial charge >= 0.3 is 0 Å². The molecule has 4 nitrogen and oxygen atoms in total. The minimum atomic E-state index is 0.699. The fourth-order valence-corrected chi connectivity index (χ4v) is 2.26. The van der Waals surface area contributed by atoms with Gasteiger partial charge in [0.15, 0.2) is 11.7 Å². The van der Waals surface area contributed by atoms with Crippen molar-refractivity contribution in [2.75, 3.05) is 13.1 Å². The highest BCUT2D eigenvalue weighted by atomic mass is 16.5. The van der Waals surface area contributed by atoms with Crippen molar-refractivity contribution in [3.8, 4) is 11.3 Å². The molecule has 0 saturated heterocycles. The van der Waals surface area contributed by atoms with E-state index in [2.05, 4.69) is 35.4 Å². The number of hydrogen-bond donors (Lipinski definition) is 1. The lowest BCUT2D eigenvalue weighted by Crippen LogP contribution is -2.16. The summed E-state index contributed by atoms with van der Waals surface area (Å²) in [5.41, 5.74) is 3.60. The average Bonchev–Trinajstić information content (AvgIpc) is 3.06.